The van der Waals surface area contributed by atoms with Crippen LogP contribution >= 0.6 is 0 Å². The maximum absolute atomic E-state index is 14.7. The second-order valence-electron chi connectivity index (χ2n) is 15.8. The van der Waals surface area contributed by atoms with Gasteiger partial charge in [0.05, 0.1) is 6.54 Å². The number of aliphatic hydroxyl groups is 4. The van der Waals surface area contributed by atoms with Crippen LogP contribution in [0.1, 0.15) is 124 Å². The fourth-order valence-electron chi connectivity index (χ4n) is 5.73. The normalized spacial score (nSPS) is 17.7. The Bertz CT molecular complexity index is 1290. The van der Waals surface area contributed by atoms with Gasteiger partial charge in [0.1, 0.15) is 18.3 Å². The Labute approximate surface area is 312 Å². The van der Waals surface area contributed by atoms with Crippen molar-refractivity contribution in [1.82, 2.24) is 0 Å². The molecule has 0 bridgehead atoms. The first-order valence-corrected chi connectivity index (χ1v) is 17.3. The Hall–Kier alpha value is -2.07. The molecule has 8 heteroatoms. The third-order valence-electron chi connectivity index (χ3n) is 7.79. The van der Waals surface area contributed by atoms with Crippen molar-refractivity contribution in [2.75, 3.05) is 6.54 Å². The number of hydrogen-bond acceptors (Lipinski definition) is 6. The Morgan fingerprint density at radius 3 is 1.43 bits per heavy atom. The number of likely N-dealkylation sites (tertiary alicyclic amines) is 1. The average Bonchev–Trinajstić information content (AvgIpc) is 3.34. The van der Waals surface area contributed by atoms with Crippen molar-refractivity contribution in [1.29, 1.82) is 0 Å². The van der Waals surface area contributed by atoms with Crippen molar-refractivity contribution in [2.45, 2.75) is 143 Å². The summed E-state index contributed by atoms with van der Waals surface area (Å²) in [4.78, 5) is 0. The summed E-state index contributed by atoms with van der Waals surface area (Å²) < 4.78 is -0.578. The summed E-state index contributed by atoms with van der Waals surface area (Å²) >= 11 is 0. The number of hydroxylamine groups is 3. The minimum Gasteiger partial charge on any atom is -0.632 e. The predicted molar refractivity (Wildman–Crippen MR) is 199 cm³/mol. The van der Waals surface area contributed by atoms with Crippen LogP contribution in [0.2, 0.25) is 0 Å². The molecular weight excluding hydrogens is 650 g/mol. The van der Waals surface area contributed by atoms with Gasteiger partial charge in [-0.25, -0.2) is 0 Å². The molecule has 0 amide bonds. The van der Waals surface area contributed by atoms with Crippen molar-refractivity contribution < 1.29 is 51.9 Å². The van der Waals surface area contributed by atoms with Gasteiger partial charge >= 0.3 is 0 Å². The van der Waals surface area contributed by atoms with Crippen LogP contribution in [0.25, 0.3) is 0 Å². The maximum atomic E-state index is 14.7. The first-order valence-electron chi connectivity index (χ1n) is 17.3. The van der Waals surface area contributed by atoms with Gasteiger partial charge in [0.2, 0.25) is 0 Å². The zero-order valence-corrected chi connectivity index (χ0v) is 33.7. The number of quaternary nitrogens is 1. The smallest absolute Gasteiger partial charge is 0.167 e. The van der Waals surface area contributed by atoms with E-state index in [1.165, 1.54) is 0 Å². The summed E-state index contributed by atoms with van der Waals surface area (Å²) in [6.45, 7) is 23.6. The number of aliphatic hydroxyl groups excluding tert-OH is 3. The van der Waals surface area contributed by atoms with E-state index in [2.05, 4.69) is 47.6 Å². The summed E-state index contributed by atoms with van der Waals surface area (Å²) in [5.74, 6) is 0.206. The third kappa shape index (κ3) is 14.6. The largest absolute Gasteiger partial charge is 0.632 e. The molecule has 0 radical (unpaired) electrons. The van der Waals surface area contributed by atoms with Crippen LogP contribution in [0, 0.1) is 5.21 Å². The Morgan fingerprint density at radius 1 is 0.694 bits per heavy atom. The second-order valence-corrected chi connectivity index (χ2v) is 15.8. The van der Waals surface area contributed by atoms with E-state index in [1.807, 2.05) is 66.7 Å². The Balaban J connectivity index is 0.00000154. The van der Waals surface area contributed by atoms with E-state index in [0.29, 0.717) is 18.5 Å². The quantitative estimate of drug-likeness (QED) is 0.104. The minimum atomic E-state index is -1.44. The molecular formula is C41H65NO6Ti. The molecule has 0 aliphatic carbocycles. The van der Waals surface area contributed by atoms with Crippen LogP contribution in [0.4, 0.5) is 0 Å². The zero-order valence-electron chi connectivity index (χ0n) is 32.2. The summed E-state index contributed by atoms with van der Waals surface area (Å²) in [5.41, 5.74) is 2.23. The molecule has 1 aliphatic rings. The number of phenolic OH excluding ortho intramolecular Hbond substituents is 1. The molecule has 0 saturated carbocycles. The van der Waals surface area contributed by atoms with E-state index >= 15 is 0 Å². The molecule has 0 unspecified atom stereocenters. The fourth-order valence-corrected chi connectivity index (χ4v) is 5.73. The second kappa shape index (κ2) is 20.1. The van der Waals surface area contributed by atoms with E-state index in [4.69, 9.17) is 15.3 Å². The van der Waals surface area contributed by atoms with Crippen LogP contribution in [0.15, 0.2) is 72.8 Å². The van der Waals surface area contributed by atoms with Gasteiger partial charge in [-0.2, -0.15) is 0 Å². The zero-order chi connectivity index (χ0) is 37.1. The number of rotatable bonds is 5. The molecule has 4 rings (SSSR count). The van der Waals surface area contributed by atoms with Gasteiger partial charge in [0.25, 0.3) is 0 Å². The van der Waals surface area contributed by atoms with Crippen LogP contribution in [0.3, 0.4) is 0 Å². The minimum absolute atomic E-state index is 0. The molecule has 0 aromatic heterocycles. The Kier molecular flexibility index (Phi) is 19.2. The third-order valence-corrected chi connectivity index (χ3v) is 7.79. The molecule has 2 atom stereocenters. The van der Waals surface area contributed by atoms with E-state index in [-0.39, 0.29) is 63.2 Å². The van der Waals surface area contributed by atoms with Gasteiger partial charge in [0, 0.05) is 64.0 Å². The number of benzene rings is 3. The first kappa shape index (κ1) is 46.9. The monoisotopic (exact) mass is 715 g/mol. The number of nitrogens with zero attached hydrogens (tertiary/aromatic N) is 1. The van der Waals surface area contributed by atoms with Crippen LogP contribution in [0.5, 0.6) is 5.75 Å². The summed E-state index contributed by atoms with van der Waals surface area (Å²) in [6, 6.07) is 22.6. The molecule has 3 aromatic carbocycles. The van der Waals surface area contributed by atoms with Gasteiger partial charge < -0.3 is 35.4 Å². The molecule has 1 aliphatic heterocycles. The number of hydrogen-bond donors (Lipinski definition) is 5. The average molecular weight is 716 g/mol. The molecule has 1 saturated heterocycles. The predicted octanol–water partition coefficient (Wildman–Crippen LogP) is 8.06. The van der Waals surface area contributed by atoms with Crippen molar-refractivity contribution in [3.05, 3.63) is 106 Å². The summed E-state index contributed by atoms with van der Waals surface area (Å²) in [6.07, 6.45) is 0.831. The SMILES string of the molecule is CC(C)(C)c1cc(C[N@+]2([O-])CCC[C@H]2C(O)(c2ccccc2)c2ccccc2)c(O)c(C(C)(C)C)c1.CC(C)O.CC(C)O.CC(C)O.[Ti]. The molecule has 7 nitrogen and oxygen atoms in total. The molecule has 0 spiro atoms. The van der Waals surface area contributed by atoms with Crippen molar-refractivity contribution in [3.8, 4) is 5.75 Å². The molecule has 49 heavy (non-hydrogen) atoms. The van der Waals surface area contributed by atoms with Gasteiger partial charge in [-0.05, 0) is 75.1 Å². The van der Waals surface area contributed by atoms with Crippen LogP contribution in [-0.4, -0.2) is 61.1 Å². The van der Waals surface area contributed by atoms with E-state index in [9.17, 15) is 15.4 Å². The molecule has 1 fully saturated rings. The van der Waals surface area contributed by atoms with Crippen molar-refractivity contribution >= 4 is 0 Å². The maximum Gasteiger partial charge on any atom is 0.167 e. The molecule has 5 N–H and O–H groups in total. The summed E-state index contributed by atoms with van der Waals surface area (Å²) in [5, 5.41) is 62.7. The van der Waals surface area contributed by atoms with Crippen LogP contribution < -0.4 is 0 Å². The summed E-state index contributed by atoms with van der Waals surface area (Å²) in [7, 11) is 0. The standard InChI is InChI=1S/C32H41NO3.3C3H8O.Ti/c1-30(2,3)26-20-23(29(34)27(21-26)31(4,5)6)22-33(36)19-13-18-28(33)32(35,24-14-9-7-10-15-24)25-16-11-8-12-17-25;3*1-3(2)4;/h7-12,14-17,20-21,28,34-35H,13,18-19,22H2,1-6H3;3*3-4H,1-2H3;/t28-,33+;;;;/m0..../s1. The van der Waals surface area contributed by atoms with Gasteiger partial charge in [-0.3, -0.25) is 0 Å². The van der Waals surface area contributed by atoms with Gasteiger partial charge in [-0.15, -0.1) is 0 Å². The van der Waals surface area contributed by atoms with Crippen molar-refractivity contribution in [2.24, 2.45) is 0 Å². The van der Waals surface area contributed by atoms with Crippen LogP contribution in [-0.2, 0) is 44.7 Å². The van der Waals surface area contributed by atoms with Gasteiger partial charge in [0.15, 0.2) is 5.60 Å². The van der Waals surface area contributed by atoms with Gasteiger partial charge in [-0.1, -0.05) is 108 Å². The topological polar surface area (TPSA) is 124 Å². The van der Waals surface area contributed by atoms with E-state index < -0.39 is 16.3 Å². The molecule has 3 aromatic rings. The number of phenols is 1. The van der Waals surface area contributed by atoms with E-state index in [0.717, 1.165) is 28.7 Å². The fraction of sp³-hybridized carbons (Fsp3) is 0.561. The first-order chi connectivity index (χ1) is 22.0. The van der Waals surface area contributed by atoms with E-state index in [1.54, 1.807) is 41.5 Å². The Morgan fingerprint density at radius 2 is 1.08 bits per heavy atom. The number of aromatic hydroxyl groups is 1. The molecule has 1 heterocycles. The molecule has 274 valence electrons. The van der Waals surface area contributed by atoms with Crippen molar-refractivity contribution in [3.63, 3.8) is 0 Å².